The first-order chi connectivity index (χ1) is 4.12. The van der Waals surface area contributed by atoms with Gasteiger partial charge in [-0.25, -0.2) is 0 Å². The Morgan fingerprint density at radius 2 is 2.33 bits per heavy atom. The smallest absolute Gasteiger partial charge is 0.222 e. The van der Waals surface area contributed by atoms with E-state index in [1.165, 1.54) is 0 Å². The van der Waals surface area contributed by atoms with Crippen LogP contribution in [-0.4, -0.2) is 11.1 Å². The fourth-order valence-electron chi connectivity index (χ4n) is 0.476. The van der Waals surface area contributed by atoms with Gasteiger partial charge in [0.15, 0.2) is 0 Å². The summed E-state index contributed by atoms with van der Waals surface area (Å²) in [4.78, 5) is 8.89. The molecular formula is C6H13O2P. The molecule has 0 aromatic carbocycles. The lowest BCUT2D eigenvalue weighted by Gasteiger charge is -2.02. The van der Waals surface area contributed by atoms with Crippen LogP contribution in [0.15, 0.2) is 12.4 Å². The number of rotatable bonds is 4. The van der Waals surface area contributed by atoms with E-state index in [1.54, 1.807) is 0 Å². The summed E-state index contributed by atoms with van der Waals surface area (Å²) in [5.41, 5.74) is 0. The van der Waals surface area contributed by atoms with Gasteiger partial charge in [-0.15, -0.1) is 0 Å². The molecular weight excluding hydrogens is 135 g/mol. The van der Waals surface area contributed by atoms with Gasteiger partial charge in [0.2, 0.25) is 7.37 Å². The highest BCUT2D eigenvalue weighted by molar-refractivity contribution is 7.61. The maximum atomic E-state index is 10.8. The Kier molecular flexibility index (Phi) is 3.83. The summed E-state index contributed by atoms with van der Waals surface area (Å²) in [7, 11) is -2.93. The summed E-state index contributed by atoms with van der Waals surface area (Å²) in [6.45, 7) is 5.26. The van der Waals surface area contributed by atoms with E-state index in [2.05, 4.69) is 6.58 Å². The summed E-state index contributed by atoms with van der Waals surface area (Å²) < 4.78 is 10.8. The molecule has 1 atom stereocenters. The average Bonchev–Trinajstić information content (AvgIpc) is 1.84. The first-order valence-electron chi connectivity index (χ1n) is 3.07. The molecule has 0 aromatic heterocycles. The quantitative estimate of drug-likeness (QED) is 0.620. The van der Waals surface area contributed by atoms with E-state index in [0.29, 0.717) is 6.16 Å². The molecule has 9 heavy (non-hydrogen) atoms. The van der Waals surface area contributed by atoms with Crippen molar-refractivity contribution in [1.82, 2.24) is 0 Å². The van der Waals surface area contributed by atoms with E-state index < -0.39 is 7.37 Å². The third kappa shape index (κ3) is 4.43. The Labute approximate surface area is 56.0 Å². The number of hydrogen-bond donors (Lipinski definition) is 1. The zero-order chi connectivity index (χ0) is 7.33. The van der Waals surface area contributed by atoms with Crippen LogP contribution in [0.5, 0.6) is 0 Å². The largest absolute Gasteiger partial charge is 0.341 e. The van der Waals surface area contributed by atoms with Crippen molar-refractivity contribution in [3.05, 3.63) is 12.4 Å². The van der Waals surface area contributed by atoms with Crippen LogP contribution >= 0.6 is 7.37 Å². The predicted octanol–water partition coefficient (Wildman–Crippen LogP) is 2.20. The van der Waals surface area contributed by atoms with Gasteiger partial charge >= 0.3 is 0 Å². The SMILES string of the molecule is C=CP(=O)(O)CCCC. The predicted molar refractivity (Wildman–Crippen MR) is 39.8 cm³/mol. The Bertz CT molecular complexity index is 131. The van der Waals surface area contributed by atoms with Crippen LogP contribution in [-0.2, 0) is 4.57 Å². The van der Waals surface area contributed by atoms with Gasteiger partial charge in [0.1, 0.15) is 0 Å². The van der Waals surface area contributed by atoms with Gasteiger partial charge in [0.05, 0.1) is 0 Å². The summed E-state index contributed by atoms with van der Waals surface area (Å²) in [5.74, 6) is 1.16. The monoisotopic (exact) mass is 148 g/mol. The average molecular weight is 148 g/mol. The van der Waals surface area contributed by atoms with Crippen LogP contribution in [0.3, 0.4) is 0 Å². The summed E-state index contributed by atoms with van der Waals surface area (Å²) in [6, 6.07) is 0. The van der Waals surface area contributed by atoms with Gasteiger partial charge in [-0.2, -0.15) is 0 Å². The molecule has 0 aliphatic carbocycles. The van der Waals surface area contributed by atoms with E-state index in [-0.39, 0.29) is 0 Å². The summed E-state index contributed by atoms with van der Waals surface area (Å²) in [5, 5.41) is 0. The Morgan fingerprint density at radius 1 is 1.78 bits per heavy atom. The van der Waals surface area contributed by atoms with Gasteiger partial charge in [0, 0.05) is 6.16 Å². The highest BCUT2D eigenvalue weighted by Gasteiger charge is 2.09. The van der Waals surface area contributed by atoms with Crippen LogP contribution in [0.1, 0.15) is 19.8 Å². The molecule has 0 bridgehead atoms. The van der Waals surface area contributed by atoms with Crippen molar-refractivity contribution in [3.63, 3.8) is 0 Å². The Balaban J connectivity index is 3.59. The van der Waals surface area contributed by atoms with Crippen LogP contribution < -0.4 is 0 Å². The first kappa shape index (κ1) is 8.93. The van der Waals surface area contributed by atoms with Crippen molar-refractivity contribution in [2.45, 2.75) is 19.8 Å². The zero-order valence-corrected chi connectivity index (χ0v) is 6.60. The summed E-state index contributed by atoms with van der Waals surface area (Å²) in [6.07, 6.45) is 2.14. The summed E-state index contributed by atoms with van der Waals surface area (Å²) >= 11 is 0. The molecule has 1 N–H and O–H groups in total. The van der Waals surface area contributed by atoms with Crippen LogP contribution in [0.25, 0.3) is 0 Å². The molecule has 0 heterocycles. The van der Waals surface area contributed by atoms with Crippen LogP contribution in [0.2, 0.25) is 0 Å². The highest BCUT2D eigenvalue weighted by atomic mass is 31.2. The number of unbranched alkanes of at least 4 members (excludes halogenated alkanes) is 1. The lowest BCUT2D eigenvalue weighted by atomic mass is 10.4. The molecule has 0 aliphatic heterocycles. The van der Waals surface area contributed by atoms with Crippen molar-refractivity contribution in [3.8, 4) is 0 Å². The molecule has 2 nitrogen and oxygen atoms in total. The third-order valence-corrected chi connectivity index (χ3v) is 2.64. The second kappa shape index (κ2) is 3.86. The lowest BCUT2D eigenvalue weighted by molar-refractivity contribution is 0.486. The standard InChI is InChI=1S/C6H13O2P/c1-3-5-6-9(7,8)4-2/h4H,2-3,5-6H2,1H3,(H,7,8). The zero-order valence-electron chi connectivity index (χ0n) is 5.71. The van der Waals surface area contributed by atoms with E-state index in [4.69, 9.17) is 4.89 Å². The third-order valence-electron chi connectivity index (χ3n) is 1.12. The Hall–Kier alpha value is -0.0700. The molecule has 0 aliphatic rings. The highest BCUT2D eigenvalue weighted by Crippen LogP contribution is 2.41. The molecule has 54 valence electrons. The molecule has 0 radical (unpaired) electrons. The minimum atomic E-state index is -2.93. The molecule has 0 spiro atoms. The van der Waals surface area contributed by atoms with Crippen LogP contribution in [0.4, 0.5) is 0 Å². The molecule has 0 rings (SSSR count). The number of hydrogen-bond acceptors (Lipinski definition) is 1. The molecule has 1 unspecified atom stereocenters. The van der Waals surface area contributed by atoms with Gasteiger partial charge in [-0.3, -0.25) is 4.57 Å². The molecule has 0 saturated heterocycles. The van der Waals surface area contributed by atoms with Crippen molar-refractivity contribution < 1.29 is 9.46 Å². The minimum absolute atomic E-state index is 0.382. The first-order valence-corrected chi connectivity index (χ1v) is 4.99. The molecule has 0 saturated carbocycles. The van der Waals surface area contributed by atoms with Gasteiger partial charge in [-0.1, -0.05) is 19.9 Å². The van der Waals surface area contributed by atoms with Crippen molar-refractivity contribution >= 4 is 7.37 Å². The van der Waals surface area contributed by atoms with E-state index in [1.807, 2.05) is 6.92 Å². The molecule has 0 fully saturated rings. The maximum Gasteiger partial charge on any atom is 0.222 e. The topological polar surface area (TPSA) is 37.3 Å². The van der Waals surface area contributed by atoms with Crippen molar-refractivity contribution in [2.24, 2.45) is 0 Å². The lowest BCUT2D eigenvalue weighted by Crippen LogP contribution is -1.83. The molecule has 0 amide bonds. The van der Waals surface area contributed by atoms with Gasteiger partial charge in [-0.05, 0) is 12.2 Å². The van der Waals surface area contributed by atoms with E-state index in [0.717, 1.165) is 18.7 Å². The molecule has 3 heteroatoms. The minimum Gasteiger partial charge on any atom is -0.341 e. The van der Waals surface area contributed by atoms with Crippen molar-refractivity contribution in [1.29, 1.82) is 0 Å². The second-order valence-electron chi connectivity index (χ2n) is 2.02. The van der Waals surface area contributed by atoms with Crippen molar-refractivity contribution in [2.75, 3.05) is 6.16 Å². The second-order valence-corrected chi connectivity index (χ2v) is 4.34. The van der Waals surface area contributed by atoms with Gasteiger partial charge < -0.3 is 4.89 Å². The fourth-order valence-corrected chi connectivity index (χ4v) is 1.43. The normalized spacial score (nSPS) is 16.7. The Morgan fingerprint density at radius 3 is 2.67 bits per heavy atom. The van der Waals surface area contributed by atoms with E-state index >= 15 is 0 Å². The van der Waals surface area contributed by atoms with Crippen LogP contribution in [0, 0.1) is 0 Å². The van der Waals surface area contributed by atoms with Gasteiger partial charge in [0.25, 0.3) is 0 Å². The molecule has 0 aromatic rings. The van der Waals surface area contributed by atoms with E-state index in [9.17, 15) is 4.57 Å². The maximum absolute atomic E-state index is 10.8. The fraction of sp³-hybridized carbons (Fsp3) is 0.667.